The Morgan fingerprint density at radius 2 is 1.72 bits per heavy atom. The van der Waals surface area contributed by atoms with Gasteiger partial charge >= 0.3 is 0 Å². The van der Waals surface area contributed by atoms with Crippen molar-refractivity contribution in [3.63, 3.8) is 0 Å². The van der Waals surface area contributed by atoms with E-state index in [-0.39, 0.29) is 17.3 Å². The van der Waals surface area contributed by atoms with Crippen LogP contribution in [0.15, 0.2) is 29.0 Å². The van der Waals surface area contributed by atoms with Gasteiger partial charge < -0.3 is 10.7 Å². The van der Waals surface area contributed by atoms with Crippen molar-refractivity contribution in [2.24, 2.45) is 5.84 Å². The number of nitrogens with zero attached hydrogens (tertiary/aromatic N) is 2. The van der Waals surface area contributed by atoms with Crippen molar-refractivity contribution in [1.29, 1.82) is 0 Å². The van der Waals surface area contributed by atoms with Gasteiger partial charge in [0.15, 0.2) is 23.3 Å². The Kier molecular flexibility index (Phi) is 3.68. The van der Waals surface area contributed by atoms with Crippen molar-refractivity contribution in [2.75, 3.05) is 10.7 Å². The lowest BCUT2D eigenvalue weighted by molar-refractivity contribution is 0.589. The van der Waals surface area contributed by atoms with Crippen molar-refractivity contribution in [1.82, 2.24) is 9.97 Å². The highest BCUT2D eigenvalue weighted by molar-refractivity contribution is 9.10. The third kappa shape index (κ3) is 2.71. The van der Waals surface area contributed by atoms with Crippen LogP contribution in [0.2, 0.25) is 0 Å². The number of anilines is 3. The maximum atomic E-state index is 13.6. The van der Waals surface area contributed by atoms with Gasteiger partial charge in [-0.1, -0.05) is 15.9 Å². The van der Waals surface area contributed by atoms with Gasteiger partial charge in [0.1, 0.15) is 5.69 Å². The average Bonchev–Trinajstić information content (AvgIpc) is 2.34. The SMILES string of the molecule is NNc1cncc(Nc2c(F)cc(Br)cc2F)n1. The van der Waals surface area contributed by atoms with Crippen molar-refractivity contribution in [3.8, 4) is 0 Å². The van der Waals surface area contributed by atoms with Crippen LogP contribution in [0.4, 0.5) is 26.1 Å². The number of hydrazine groups is 1. The molecule has 4 N–H and O–H groups in total. The summed E-state index contributed by atoms with van der Waals surface area (Å²) in [5.74, 6) is 4.12. The first kappa shape index (κ1) is 12.7. The number of nitrogens with two attached hydrogens (primary N) is 1. The van der Waals surface area contributed by atoms with E-state index in [1.807, 2.05) is 0 Å². The monoisotopic (exact) mass is 315 g/mol. The summed E-state index contributed by atoms with van der Waals surface area (Å²) in [6, 6.07) is 2.29. The number of rotatable bonds is 3. The maximum absolute atomic E-state index is 13.6. The topological polar surface area (TPSA) is 75.9 Å². The average molecular weight is 316 g/mol. The van der Waals surface area contributed by atoms with Gasteiger partial charge in [-0.15, -0.1) is 0 Å². The van der Waals surface area contributed by atoms with Crippen LogP contribution in [-0.2, 0) is 0 Å². The Labute approximate surface area is 110 Å². The second-order valence-electron chi connectivity index (χ2n) is 3.30. The Morgan fingerprint density at radius 3 is 2.33 bits per heavy atom. The van der Waals surface area contributed by atoms with Crippen LogP contribution in [0, 0.1) is 11.6 Å². The Hall–Kier alpha value is -1.80. The fourth-order valence-electron chi connectivity index (χ4n) is 1.29. The first-order valence-corrected chi connectivity index (χ1v) is 5.59. The number of hydrogen-bond acceptors (Lipinski definition) is 5. The van der Waals surface area contributed by atoms with Gasteiger partial charge in [-0.25, -0.2) is 19.6 Å². The Morgan fingerprint density at radius 1 is 1.11 bits per heavy atom. The molecule has 1 heterocycles. The molecule has 0 aliphatic heterocycles. The highest BCUT2D eigenvalue weighted by Gasteiger charge is 2.11. The summed E-state index contributed by atoms with van der Waals surface area (Å²) in [7, 11) is 0. The zero-order valence-electron chi connectivity index (χ0n) is 8.92. The number of hydrogen-bond donors (Lipinski definition) is 3. The second kappa shape index (κ2) is 5.23. The van der Waals surface area contributed by atoms with Gasteiger partial charge in [0.05, 0.1) is 12.4 Å². The summed E-state index contributed by atoms with van der Waals surface area (Å²) < 4.78 is 27.4. The zero-order chi connectivity index (χ0) is 13.1. The van der Waals surface area contributed by atoms with Crippen LogP contribution in [0.1, 0.15) is 0 Å². The van der Waals surface area contributed by atoms with E-state index in [1.54, 1.807) is 0 Å². The molecule has 0 spiro atoms. The molecule has 1 aromatic carbocycles. The molecule has 0 fully saturated rings. The molecule has 0 amide bonds. The molecular weight excluding hydrogens is 308 g/mol. The van der Waals surface area contributed by atoms with Crippen molar-refractivity contribution in [3.05, 3.63) is 40.6 Å². The van der Waals surface area contributed by atoms with E-state index >= 15 is 0 Å². The predicted molar refractivity (Wildman–Crippen MR) is 67.2 cm³/mol. The van der Waals surface area contributed by atoms with E-state index < -0.39 is 11.6 Å². The van der Waals surface area contributed by atoms with E-state index in [2.05, 4.69) is 36.6 Å². The molecule has 0 radical (unpaired) electrons. The molecule has 0 unspecified atom stereocenters. The third-order valence-electron chi connectivity index (χ3n) is 2.04. The van der Waals surface area contributed by atoms with E-state index in [1.165, 1.54) is 12.4 Å². The number of halogens is 3. The van der Waals surface area contributed by atoms with Gasteiger partial charge in [-0.2, -0.15) is 0 Å². The van der Waals surface area contributed by atoms with Crippen LogP contribution >= 0.6 is 15.9 Å². The van der Waals surface area contributed by atoms with E-state index in [4.69, 9.17) is 5.84 Å². The van der Waals surface area contributed by atoms with E-state index in [0.717, 1.165) is 12.1 Å². The van der Waals surface area contributed by atoms with Crippen molar-refractivity contribution >= 4 is 33.3 Å². The molecule has 0 saturated heterocycles. The molecule has 0 saturated carbocycles. The quantitative estimate of drug-likeness (QED) is 0.599. The fourth-order valence-corrected chi connectivity index (χ4v) is 1.69. The second-order valence-corrected chi connectivity index (χ2v) is 4.22. The van der Waals surface area contributed by atoms with E-state index in [9.17, 15) is 8.78 Å². The zero-order valence-corrected chi connectivity index (χ0v) is 10.5. The molecule has 0 aliphatic rings. The minimum absolute atomic E-state index is 0.172. The number of nitrogen functional groups attached to an aromatic ring is 1. The van der Waals surface area contributed by atoms with Gasteiger partial charge in [0, 0.05) is 4.47 Å². The van der Waals surface area contributed by atoms with Crippen LogP contribution in [0.25, 0.3) is 0 Å². The molecule has 18 heavy (non-hydrogen) atoms. The highest BCUT2D eigenvalue weighted by atomic mass is 79.9. The van der Waals surface area contributed by atoms with Crippen molar-refractivity contribution < 1.29 is 8.78 Å². The molecule has 94 valence electrons. The summed E-state index contributed by atoms with van der Waals surface area (Å²) in [5, 5.41) is 2.50. The first-order valence-electron chi connectivity index (χ1n) is 4.80. The lowest BCUT2D eigenvalue weighted by atomic mass is 10.3. The summed E-state index contributed by atoms with van der Waals surface area (Å²) in [6.07, 6.45) is 2.70. The van der Waals surface area contributed by atoms with Gasteiger partial charge in [0.2, 0.25) is 0 Å². The summed E-state index contributed by atoms with van der Waals surface area (Å²) in [6.45, 7) is 0. The van der Waals surface area contributed by atoms with Gasteiger partial charge in [-0.3, -0.25) is 4.98 Å². The first-order chi connectivity index (χ1) is 8.60. The Balaban J connectivity index is 2.33. The van der Waals surface area contributed by atoms with E-state index in [0.29, 0.717) is 4.47 Å². The predicted octanol–water partition coefficient (Wildman–Crippen LogP) is 2.55. The minimum atomic E-state index is -0.741. The summed E-state index contributed by atoms with van der Waals surface area (Å²) in [4.78, 5) is 7.74. The molecule has 2 rings (SSSR count). The molecular formula is C10H8BrF2N5. The maximum Gasteiger partial charge on any atom is 0.160 e. The molecule has 8 heteroatoms. The molecule has 0 aliphatic carbocycles. The third-order valence-corrected chi connectivity index (χ3v) is 2.50. The highest BCUT2D eigenvalue weighted by Crippen LogP contribution is 2.26. The molecule has 0 atom stereocenters. The molecule has 2 aromatic rings. The summed E-state index contributed by atoms with van der Waals surface area (Å²) >= 11 is 2.99. The lowest BCUT2D eigenvalue weighted by Gasteiger charge is -2.09. The van der Waals surface area contributed by atoms with Crippen LogP contribution in [0.3, 0.4) is 0 Å². The standard InChI is InChI=1S/C10H8BrF2N5/c11-5-1-6(12)10(7(13)2-5)17-8-3-15-4-9(16-8)18-14/h1-4H,14H2,(H2,16,17,18). The summed E-state index contributed by atoms with van der Waals surface area (Å²) in [5.41, 5.74) is 1.98. The minimum Gasteiger partial charge on any atom is -0.334 e. The lowest BCUT2D eigenvalue weighted by Crippen LogP contribution is -2.10. The molecule has 0 bridgehead atoms. The number of benzene rings is 1. The van der Waals surface area contributed by atoms with Gasteiger partial charge in [0.25, 0.3) is 0 Å². The number of aromatic nitrogens is 2. The van der Waals surface area contributed by atoms with Crippen LogP contribution in [0.5, 0.6) is 0 Å². The van der Waals surface area contributed by atoms with Crippen molar-refractivity contribution in [2.45, 2.75) is 0 Å². The normalized spacial score (nSPS) is 10.2. The van der Waals surface area contributed by atoms with Crippen LogP contribution < -0.4 is 16.6 Å². The van der Waals surface area contributed by atoms with Gasteiger partial charge in [-0.05, 0) is 12.1 Å². The smallest absolute Gasteiger partial charge is 0.160 e. The van der Waals surface area contributed by atoms with Crippen LogP contribution in [-0.4, -0.2) is 9.97 Å². The molecule has 5 nitrogen and oxygen atoms in total. The largest absolute Gasteiger partial charge is 0.334 e. The fraction of sp³-hybridized carbons (Fsp3) is 0. The Bertz CT molecular complexity index is 555. The molecule has 1 aromatic heterocycles. The number of nitrogens with one attached hydrogen (secondary N) is 2.